The Bertz CT molecular complexity index is 546. The van der Waals surface area contributed by atoms with E-state index in [1.807, 2.05) is 0 Å². The molecular formula is C17H27F3IN3O3. The normalized spacial score (nSPS) is 11.7. The van der Waals surface area contributed by atoms with Gasteiger partial charge in [-0.3, -0.25) is 4.99 Å². The van der Waals surface area contributed by atoms with E-state index in [9.17, 15) is 13.2 Å². The topological polar surface area (TPSA) is 64.1 Å². The van der Waals surface area contributed by atoms with Crippen LogP contribution in [0.3, 0.4) is 0 Å². The first kappa shape index (κ1) is 25.7. The molecule has 0 atom stereocenters. The van der Waals surface area contributed by atoms with Gasteiger partial charge in [-0.2, -0.15) is 13.2 Å². The highest BCUT2D eigenvalue weighted by molar-refractivity contribution is 14.0. The number of rotatable bonds is 11. The fourth-order valence-corrected chi connectivity index (χ4v) is 2.00. The molecule has 0 unspecified atom stereocenters. The van der Waals surface area contributed by atoms with Gasteiger partial charge in [-0.25, -0.2) is 0 Å². The van der Waals surface area contributed by atoms with Crippen LogP contribution in [0.2, 0.25) is 0 Å². The number of hydrogen-bond donors (Lipinski definition) is 2. The minimum atomic E-state index is -4.44. The van der Waals surface area contributed by atoms with Gasteiger partial charge < -0.3 is 24.8 Å². The maximum absolute atomic E-state index is 12.9. The van der Waals surface area contributed by atoms with E-state index in [0.717, 1.165) is 12.5 Å². The third-order valence-electron chi connectivity index (χ3n) is 3.26. The lowest BCUT2D eigenvalue weighted by Crippen LogP contribution is -2.40. The predicted octanol–water partition coefficient (Wildman–Crippen LogP) is 2.92. The van der Waals surface area contributed by atoms with Gasteiger partial charge in [0.05, 0.1) is 25.3 Å². The number of alkyl halides is 3. The fourth-order valence-electron chi connectivity index (χ4n) is 2.00. The summed E-state index contributed by atoms with van der Waals surface area (Å²) in [5.74, 6) is 0.368. The zero-order valence-electron chi connectivity index (χ0n) is 15.5. The smallest absolute Gasteiger partial charge is 0.419 e. The Morgan fingerprint density at radius 1 is 1.04 bits per heavy atom. The third-order valence-corrected chi connectivity index (χ3v) is 3.26. The second-order valence-corrected chi connectivity index (χ2v) is 5.23. The second kappa shape index (κ2) is 14.7. The van der Waals surface area contributed by atoms with E-state index in [-0.39, 0.29) is 36.3 Å². The van der Waals surface area contributed by atoms with Crippen LogP contribution in [0, 0.1) is 0 Å². The molecule has 0 aliphatic heterocycles. The number of nitrogens with zero attached hydrogens (tertiary/aromatic N) is 1. The van der Waals surface area contributed by atoms with E-state index < -0.39 is 11.7 Å². The van der Waals surface area contributed by atoms with Crippen LogP contribution in [-0.4, -0.2) is 59.6 Å². The number of aliphatic imine (C=N–C) groups is 1. The Morgan fingerprint density at radius 3 is 2.41 bits per heavy atom. The monoisotopic (exact) mass is 505 g/mol. The molecule has 2 N–H and O–H groups in total. The van der Waals surface area contributed by atoms with E-state index in [0.29, 0.717) is 38.9 Å². The zero-order valence-corrected chi connectivity index (χ0v) is 17.8. The maximum Gasteiger partial charge on any atom is 0.419 e. The standard InChI is InChI=1S/C17H26F3N3O3.HI/c1-21-16(22-8-5-10-25-13-12-24-2)23-9-11-26-15-7-4-3-6-14(15)17(18,19)20;/h3-4,6-7H,5,8-13H2,1-2H3,(H2,21,22,23);1H. The first-order valence-corrected chi connectivity index (χ1v) is 8.29. The van der Waals surface area contributed by atoms with Crippen LogP contribution in [0.1, 0.15) is 12.0 Å². The quantitative estimate of drug-likeness (QED) is 0.210. The summed E-state index contributed by atoms with van der Waals surface area (Å²) in [5.41, 5.74) is -0.781. The maximum atomic E-state index is 12.9. The van der Waals surface area contributed by atoms with Crippen molar-refractivity contribution in [3.05, 3.63) is 29.8 Å². The molecule has 0 amide bonds. The summed E-state index contributed by atoms with van der Waals surface area (Å²) in [6, 6.07) is 5.14. The van der Waals surface area contributed by atoms with Crippen LogP contribution in [0.25, 0.3) is 0 Å². The molecule has 1 rings (SSSR count). The highest BCUT2D eigenvalue weighted by Crippen LogP contribution is 2.35. The first-order valence-electron chi connectivity index (χ1n) is 8.29. The molecular weight excluding hydrogens is 478 g/mol. The van der Waals surface area contributed by atoms with Crippen molar-refractivity contribution in [1.82, 2.24) is 10.6 Å². The van der Waals surface area contributed by atoms with Crippen molar-refractivity contribution in [3.63, 3.8) is 0 Å². The van der Waals surface area contributed by atoms with Crippen molar-refractivity contribution in [2.75, 3.05) is 53.7 Å². The van der Waals surface area contributed by atoms with Crippen LogP contribution in [-0.2, 0) is 15.7 Å². The van der Waals surface area contributed by atoms with Crippen molar-refractivity contribution in [3.8, 4) is 5.75 Å². The van der Waals surface area contributed by atoms with Gasteiger partial charge in [0.1, 0.15) is 12.4 Å². The molecule has 0 fully saturated rings. The van der Waals surface area contributed by atoms with Crippen molar-refractivity contribution < 1.29 is 27.4 Å². The molecule has 0 aromatic heterocycles. The summed E-state index contributed by atoms with van der Waals surface area (Å²) in [6.45, 7) is 2.77. The van der Waals surface area contributed by atoms with Gasteiger partial charge in [0.2, 0.25) is 0 Å². The number of nitrogens with one attached hydrogen (secondary N) is 2. The third kappa shape index (κ3) is 11.2. The molecule has 0 aliphatic rings. The summed E-state index contributed by atoms with van der Waals surface area (Å²) in [4.78, 5) is 4.03. The lowest BCUT2D eigenvalue weighted by atomic mass is 10.2. The van der Waals surface area contributed by atoms with E-state index >= 15 is 0 Å². The molecule has 0 heterocycles. The van der Waals surface area contributed by atoms with E-state index in [4.69, 9.17) is 14.2 Å². The number of ether oxygens (including phenoxy) is 3. The first-order chi connectivity index (χ1) is 12.5. The molecule has 156 valence electrons. The molecule has 10 heteroatoms. The summed E-state index contributed by atoms with van der Waals surface area (Å²) >= 11 is 0. The van der Waals surface area contributed by atoms with Gasteiger partial charge in [-0.1, -0.05) is 12.1 Å². The molecule has 0 bridgehead atoms. The highest BCUT2D eigenvalue weighted by Gasteiger charge is 2.33. The van der Waals surface area contributed by atoms with Gasteiger partial charge in [-0.15, -0.1) is 24.0 Å². The summed E-state index contributed by atoms with van der Waals surface area (Å²) < 4.78 is 54.1. The van der Waals surface area contributed by atoms with Gasteiger partial charge in [-0.05, 0) is 18.6 Å². The number of guanidine groups is 1. The largest absolute Gasteiger partial charge is 0.491 e. The summed E-state index contributed by atoms with van der Waals surface area (Å²) in [6.07, 6.45) is -3.65. The van der Waals surface area contributed by atoms with Crippen LogP contribution in [0.5, 0.6) is 5.75 Å². The molecule has 0 saturated carbocycles. The number of hydrogen-bond acceptors (Lipinski definition) is 4. The highest BCUT2D eigenvalue weighted by atomic mass is 127. The van der Waals surface area contributed by atoms with E-state index in [2.05, 4.69) is 15.6 Å². The number of benzene rings is 1. The average Bonchev–Trinajstić information content (AvgIpc) is 2.62. The molecule has 0 radical (unpaired) electrons. The molecule has 6 nitrogen and oxygen atoms in total. The number of halogens is 4. The van der Waals surface area contributed by atoms with Crippen molar-refractivity contribution in [1.29, 1.82) is 0 Å². The van der Waals surface area contributed by atoms with E-state index in [1.54, 1.807) is 14.2 Å². The molecule has 0 spiro atoms. The van der Waals surface area contributed by atoms with Gasteiger partial charge in [0, 0.05) is 27.3 Å². The fraction of sp³-hybridized carbons (Fsp3) is 0.588. The Labute approximate surface area is 174 Å². The molecule has 0 aliphatic carbocycles. The van der Waals surface area contributed by atoms with Crippen LogP contribution >= 0.6 is 24.0 Å². The van der Waals surface area contributed by atoms with Gasteiger partial charge >= 0.3 is 6.18 Å². The van der Waals surface area contributed by atoms with Crippen LogP contribution in [0.15, 0.2) is 29.3 Å². The molecule has 1 aromatic carbocycles. The van der Waals surface area contributed by atoms with Crippen molar-refractivity contribution in [2.45, 2.75) is 12.6 Å². The Balaban J connectivity index is 0.00000676. The van der Waals surface area contributed by atoms with Crippen LogP contribution in [0.4, 0.5) is 13.2 Å². The minimum absolute atomic E-state index is 0. The molecule has 1 aromatic rings. The summed E-state index contributed by atoms with van der Waals surface area (Å²) in [5, 5.41) is 6.07. The van der Waals surface area contributed by atoms with Crippen molar-refractivity contribution >= 4 is 29.9 Å². The Morgan fingerprint density at radius 2 is 1.74 bits per heavy atom. The molecule has 0 saturated heterocycles. The van der Waals surface area contributed by atoms with Crippen molar-refractivity contribution in [2.24, 2.45) is 4.99 Å². The number of para-hydroxylation sites is 1. The SMILES string of the molecule is CN=C(NCCCOCCOC)NCCOc1ccccc1C(F)(F)F.I. The van der Waals surface area contributed by atoms with E-state index in [1.165, 1.54) is 18.2 Å². The Hall–Kier alpha value is -1.27. The predicted molar refractivity (Wildman–Crippen MR) is 109 cm³/mol. The zero-order chi connectivity index (χ0) is 19.3. The average molecular weight is 505 g/mol. The van der Waals surface area contributed by atoms with Crippen LogP contribution < -0.4 is 15.4 Å². The lowest BCUT2D eigenvalue weighted by Gasteiger charge is -2.15. The second-order valence-electron chi connectivity index (χ2n) is 5.23. The minimum Gasteiger partial charge on any atom is -0.491 e. The lowest BCUT2D eigenvalue weighted by molar-refractivity contribution is -0.138. The number of methoxy groups -OCH3 is 1. The van der Waals surface area contributed by atoms with Gasteiger partial charge in [0.15, 0.2) is 5.96 Å². The molecule has 27 heavy (non-hydrogen) atoms. The Kier molecular flexibility index (Phi) is 14.1. The summed E-state index contributed by atoms with van der Waals surface area (Å²) in [7, 11) is 3.23. The van der Waals surface area contributed by atoms with Gasteiger partial charge in [0.25, 0.3) is 0 Å².